The van der Waals surface area contributed by atoms with E-state index in [-0.39, 0.29) is 41.7 Å². The summed E-state index contributed by atoms with van der Waals surface area (Å²) in [6, 6.07) is 2.93. The Morgan fingerprint density at radius 2 is 2.00 bits per heavy atom. The number of hydrogen-bond acceptors (Lipinski definition) is 4. The molecular weight excluding hydrogens is 451 g/mol. The van der Waals surface area contributed by atoms with Gasteiger partial charge >= 0.3 is 0 Å². The van der Waals surface area contributed by atoms with Crippen LogP contribution in [0.5, 0.6) is 5.75 Å². The third-order valence-corrected chi connectivity index (χ3v) is 7.07. The Balaban J connectivity index is 1.46. The molecule has 2 aliphatic heterocycles. The highest BCUT2D eigenvalue weighted by Gasteiger charge is 2.51. The van der Waals surface area contributed by atoms with Crippen LogP contribution in [0.3, 0.4) is 0 Å². The van der Waals surface area contributed by atoms with Gasteiger partial charge in [0.25, 0.3) is 0 Å². The Hall–Kier alpha value is -1.99. The molecule has 2 heterocycles. The Bertz CT molecular complexity index is 974. The summed E-state index contributed by atoms with van der Waals surface area (Å²) >= 11 is 12.6. The first kappa shape index (κ1) is 23.2. The zero-order chi connectivity index (χ0) is 23.6. The monoisotopic (exact) mass is 480 g/mol. The lowest BCUT2D eigenvalue weighted by Crippen LogP contribution is -2.62. The summed E-state index contributed by atoms with van der Waals surface area (Å²) in [4.78, 5) is 27.3. The topological polar surface area (TPSA) is 94.5 Å². The van der Waals surface area contributed by atoms with Crippen LogP contribution >= 0.6 is 23.2 Å². The number of carbonyl (C=O) groups is 2. The van der Waals surface area contributed by atoms with Crippen molar-refractivity contribution in [3.8, 4) is 5.75 Å². The third-order valence-electron chi connectivity index (χ3n) is 6.57. The lowest BCUT2D eigenvalue weighted by atomic mass is 9.89. The molecule has 0 spiro atoms. The van der Waals surface area contributed by atoms with E-state index >= 15 is 0 Å². The van der Waals surface area contributed by atoms with Crippen LogP contribution in [0.2, 0.25) is 10.0 Å². The van der Waals surface area contributed by atoms with Crippen molar-refractivity contribution in [3.05, 3.63) is 27.7 Å². The molecule has 1 unspecified atom stereocenters. The number of amides is 2. The molecule has 1 aliphatic carbocycles. The second kappa shape index (κ2) is 7.80. The lowest BCUT2D eigenvalue weighted by molar-refractivity contribution is -0.132. The number of nitrogens with zero attached hydrogens (tertiary/aromatic N) is 1. The SMILES string of the molecule is C[C@H]([C@@H]1C[C@H]1C(=O)NC1CC(C)(C)Oc2c(Cl)cc(Cl)cc21)N1C(=N)NC(C)(C)CC1=O. The van der Waals surface area contributed by atoms with Crippen LogP contribution in [0.25, 0.3) is 0 Å². The molecule has 2 amide bonds. The van der Waals surface area contributed by atoms with Crippen molar-refractivity contribution in [1.29, 1.82) is 5.41 Å². The quantitative estimate of drug-likeness (QED) is 0.599. The number of guanidine groups is 1. The molecule has 3 aliphatic rings. The van der Waals surface area contributed by atoms with E-state index in [1.54, 1.807) is 12.1 Å². The highest BCUT2D eigenvalue weighted by Crippen LogP contribution is 2.47. The number of ether oxygens (including phenoxy) is 1. The van der Waals surface area contributed by atoms with Gasteiger partial charge in [-0.15, -0.1) is 0 Å². The van der Waals surface area contributed by atoms with Crippen LogP contribution in [0.15, 0.2) is 12.1 Å². The van der Waals surface area contributed by atoms with Gasteiger partial charge in [0.15, 0.2) is 5.96 Å². The van der Waals surface area contributed by atoms with E-state index in [1.807, 2.05) is 34.6 Å². The smallest absolute Gasteiger partial charge is 0.231 e. The first-order chi connectivity index (χ1) is 14.8. The molecule has 4 rings (SSSR count). The Kier molecular flexibility index (Phi) is 5.65. The van der Waals surface area contributed by atoms with E-state index in [1.165, 1.54) is 4.90 Å². The summed E-state index contributed by atoms with van der Waals surface area (Å²) in [5.74, 6) is 0.327. The predicted molar refractivity (Wildman–Crippen MR) is 124 cm³/mol. The zero-order valence-electron chi connectivity index (χ0n) is 19.0. The first-order valence-corrected chi connectivity index (χ1v) is 11.7. The molecule has 3 N–H and O–H groups in total. The van der Waals surface area contributed by atoms with Crippen molar-refractivity contribution in [2.24, 2.45) is 11.8 Å². The standard InChI is InChI=1S/C23H30Cl2N4O3/c1-11(29-18(30)10-22(2,3)28-21(29)26)13-8-14(13)20(31)27-17-9-23(4,5)32-19-15(17)6-12(24)7-16(19)25/h6-7,11,13-14,17H,8-10H2,1-5H3,(H2,26,28)(H,27,31)/t11-,13+,14-,17?/m1/s1. The molecule has 0 bridgehead atoms. The van der Waals surface area contributed by atoms with Gasteiger partial charge in [0.1, 0.15) is 11.4 Å². The summed E-state index contributed by atoms with van der Waals surface area (Å²) in [7, 11) is 0. The highest BCUT2D eigenvalue weighted by atomic mass is 35.5. The van der Waals surface area contributed by atoms with Gasteiger partial charge in [0, 0.05) is 40.9 Å². The van der Waals surface area contributed by atoms with Crippen LogP contribution < -0.4 is 15.4 Å². The molecule has 0 radical (unpaired) electrons. The number of hydrogen-bond donors (Lipinski definition) is 3. The van der Waals surface area contributed by atoms with Crippen LogP contribution in [0.1, 0.15) is 65.5 Å². The van der Waals surface area contributed by atoms with E-state index in [0.717, 1.165) is 5.56 Å². The molecular formula is C23H30Cl2N4O3. The van der Waals surface area contributed by atoms with Gasteiger partial charge in [0.2, 0.25) is 11.8 Å². The van der Waals surface area contributed by atoms with Crippen molar-refractivity contribution in [2.45, 2.75) is 77.1 Å². The summed E-state index contributed by atoms with van der Waals surface area (Å²) in [6.45, 7) is 9.64. The zero-order valence-corrected chi connectivity index (χ0v) is 20.5. The predicted octanol–water partition coefficient (Wildman–Crippen LogP) is 4.27. The van der Waals surface area contributed by atoms with Crippen molar-refractivity contribution in [2.75, 3.05) is 0 Å². The highest BCUT2D eigenvalue weighted by molar-refractivity contribution is 6.35. The number of fused-ring (bicyclic) bond motifs is 1. The Labute approximate surface area is 198 Å². The van der Waals surface area contributed by atoms with Crippen molar-refractivity contribution in [1.82, 2.24) is 15.5 Å². The fraction of sp³-hybridized carbons (Fsp3) is 0.609. The van der Waals surface area contributed by atoms with Gasteiger partial charge in [0.05, 0.1) is 11.1 Å². The molecule has 174 valence electrons. The summed E-state index contributed by atoms with van der Waals surface area (Å²) in [5.41, 5.74) is -0.150. The van der Waals surface area contributed by atoms with E-state index < -0.39 is 11.1 Å². The third kappa shape index (κ3) is 4.42. The number of benzene rings is 1. The molecule has 32 heavy (non-hydrogen) atoms. The second-order valence-corrected chi connectivity index (χ2v) is 11.3. The molecule has 7 nitrogen and oxygen atoms in total. The maximum absolute atomic E-state index is 13.1. The minimum Gasteiger partial charge on any atom is -0.486 e. The van der Waals surface area contributed by atoms with E-state index in [2.05, 4.69) is 10.6 Å². The molecule has 2 fully saturated rings. The number of rotatable bonds is 4. The minimum absolute atomic E-state index is 0.0117. The Morgan fingerprint density at radius 3 is 2.66 bits per heavy atom. The van der Waals surface area contributed by atoms with Crippen molar-refractivity contribution >= 4 is 41.0 Å². The summed E-state index contributed by atoms with van der Waals surface area (Å²) in [5, 5.41) is 15.5. The van der Waals surface area contributed by atoms with Crippen LogP contribution in [-0.4, -0.2) is 39.9 Å². The van der Waals surface area contributed by atoms with E-state index in [9.17, 15) is 9.59 Å². The van der Waals surface area contributed by atoms with Gasteiger partial charge in [-0.1, -0.05) is 23.2 Å². The van der Waals surface area contributed by atoms with Gasteiger partial charge in [-0.2, -0.15) is 0 Å². The fourth-order valence-electron chi connectivity index (χ4n) is 4.96. The molecule has 1 saturated heterocycles. The number of halogens is 2. The molecule has 1 aromatic carbocycles. The van der Waals surface area contributed by atoms with Crippen LogP contribution in [-0.2, 0) is 9.59 Å². The van der Waals surface area contributed by atoms with Gasteiger partial charge in [-0.25, -0.2) is 0 Å². The average Bonchev–Trinajstić information content (AvgIpc) is 3.41. The van der Waals surface area contributed by atoms with Crippen LogP contribution in [0, 0.1) is 17.2 Å². The van der Waals surface area contributed by atoms with Gasteiger partial charge < -0.3 is 15.4 Å². The molecule has 9 heteroatoms. The summed E-state index contributed by atoms with van der Waals surface area (Å²) in [6.07, 6.45) is 1.59. The average molecular weight is 481 g/mol. The van der Waals surface area contributed by atoms with Crippen molar-refractivity contribution < 1.29 is 14.3 Å². The minimum atomic E-state index is -0.494. The largest absolute Gasteiger partial charge is 0.486 e. The van der Waals surface area contributed by atoms with E-state index in [0.29, 0.717) is 35.1 Å². The maximum Gasteiger partial charge on any atom is 0.231 e. The Morgan fingerprint density at radius 1 is 1.31 bits per heavy atom. The number of nitrogens with one attached hydrogen (secondary N) is 3. The van der Waals surface area contributed by atoms with Gasteiger partial charge in [-0.3, -0.25) is 19.9 Å². The first-order valence-electron chi connectivity index (χ1n) is 11.0. The van der Waals surface area contributed by atoms with E-state index in [4.69, 9.17) is 33.3 Å². The molecule has 1 saturated carbocycles. The maximum atomic E-state index is 13.1. The molecule has 0 aromatic heterocycles. The molecule has 1 aromatic rings. The van der Waals surface area contributed by atoms with Crippen molar-refractivity contribution in [3.63, 3.8) is 0 Å². The lowest BCUT2D eigenvalue weighted by Gasteiger charge is -2.41. The van der Waals surface area contributed by atoms with Gasteiger partial charge in [-0.05, 0) is 59.1 Å². The number of carbonyl (C=O) groups excluding carboxylic acids is 2. The van der Waals surface area contributed by atoms with Crippen LogP contribution in [0.4, 0.5) is 0 Å². The molecule has 4 atom stereocenters. The summed E-state index contributed by atoms with van der Waals surface area (Å²) < 4.78 is 6.06. The second-order valence-electron chi connectivity index (χ2n) is 10.5. The fourth-order valence-corrected chi connectivity index (χ4v) is 5.51. The normalized spacial score (nSPS) is 28.8.